The van der Waals surface area contributed by atoms with Crippen molar-refractivity contribution in [3.8, 4) is 11.5 Å². The average molecular weight is 300 g/mol. The molecule has 0 atom stereocenters. The van der Waals surface area contributed by atoms with E-state index in [1.165, 1.54) is 13.2 Å². The van der Waals surface area contributed by atoms with E-state index in [-0.39, 0.29) is 0 Å². The van der Waals surface area contributed by atoms with Crippen molar-refractivity contribution in [2.24, 2.45) is 0 Å². The molecule has 6 heteroatoms. The van der Waals surface area contributed by atoms with Crippen molar-refractivity contribution in [1.82, 2.24) is 4.90 Å². The number of ether oxygens (including phenoxy) is 2. The van der Waals surface area contributed by atoms with E-state index >= 15 is 0 Å². The van der Waals surface area contributed by atoms with Gasteiger partial charge in [0.05, 0.1) is 7.11 Å². The van der Waals surface area contributed by atoms with E-state index in [1.807, 2.05) is 19.0 Å². The second-order valence-electron chi connectivity index (χ2n) is 4.35. The molecule has 110 valence electrons. The number of carbonyl (C=O) groups is 1. The summed E-state index contributed by atoms with van der Waals surface area (Å²) in [6, 6.07) is 3.26. The average Bonchev–Trinajstić information content (AvgIpc) is 2.37. The Bertz CT molecular complexity index is 500. The summed E-state index contributed by atoms with van der Waals surface area (Å²) in [6.45, 7) is 1.19. The van der Waals surface area contributed by atoms with Crippen molar-refractivity contribution in [3.63, 3.8) is 0 Å². The van der Waals surface area contributed by atoms with Gasteiger partial charge in [-0.2, -0.15) is 0 Å². The first kappa shape index (κ1) is 16.3. The summed E-state index contributed by atoms with van der Waals surface area (Å²) in [4.78, 5) is 12.6. The van der Waals surface area contributed by atoms with Crippen molar-refractivity contribution < 1.29 is 19.4 Å². The number of likely N-dealkylation sites (N-methyl/N-ethyl adjacent to an activating group) is 1. The highest BCUT2D eigenvalue weighted by molar-refractivity contribution is 6.31. The smallest absolute Gasteiger partial charge is 0.328 e. The van der Waals surface area contributed by atoms with Gasteiger partial charge in [0.2, 0.25) is 0 Å². The normalized spacial score (nSPS) is 11.1. The fraction of sp³-hybridized carbons (Fsp3) is 0.357. The van der Waals surface area contributed by atoms with Gasteiger partial charge in [-0.1, -0.05) is 11.6 Å². The fourth-order valence-corrected chi connectivity index (χ4v) is 1.73. The Labute approximate surface area is 123 Å². The van der Waals surface area contributed by atoms with Crippen LogP contribution >= 0.6 is 11.6 Å². The fourth-order valence-electron chi connectivity index (χ4n) is 1.51. The van der Waals surface area contributed by atoms with Crippen molar-refractivity contribution in [3.05, 3.63) is 28.8 Å². The quantitative estimate of drug-likeness (QED) is 0.783. The molecule has 1 aromatic carbocycles. The molecule has 0 saturated carbocycles. The lowest BCUT2D eigenvalue weighted by atomic mass is 10.1. The third-order valence-electron chi connectivity index (χ3n) is 2.46. The predicted molar refractivity (Wildman–Crippen MR) is 78.7 cm³/mol. The minimum Gasteiger partial charge on any atom is -0.493 e. The maximum atomic E-state index is 10.6. The largest absolute Gasteiger partial charge is 0.493 e. The van der Waals surface area contributed by atoms with E-state index in [1.54, 1.807) is 12.1 Å². The number of methoxy groups -OCH3 is 1. The number of nitrogens with zero attached hydrogens (tertiary/aromatic N) is 1. The van der Waals surface area contributed by atoms with Crippen LogP contribution in [0, 0.1) is 0 Å². The van der Waals surface area contributed by atoms with Crippen molar-refractivity contribution in [2.75, 3.05) is 34.4 Å². The highest BCUT2D eigenvalue weighted by Crippen LogP contribution is 2.35. The Hall–Kier alpha value is -1.72. The van der Waals surface area contributed by atoms with E-state index in [0.29, 0.717) is 28.7 Å². The van der Waals surface area contributed by atoms with Gasteiger partial charge in [0, 0.05) is 29.3 Å². The van der Waals surface area contributed by atoms with Gasteiger partial charge in [-0.05, 0) is 26.2 Å². The lowest BCUT2D eigenvalue weighted by molar-refractivity contribution is -0.131. The number of hydrogen-bond acceptors (Lipinski definition) is 4. The lowest BCUT2D eigenvalue weighted by Gasteiger charge is -2.16. The standard InChI is InChI=1S/C14H18ClNO4/c1-16(2)6-7-20-14-10(4-5-13(17)18)8-11(15)9-12(14)19-3/h4-5,8-9H,6-7H2,1-3H3,(H,17,18)/b5-4+. The molecule has 0 aliphatic heterocycles. The molecule has 0 aliphatic rings. The Morgan fingerprint density at radius 1 is 1.45 bits per heavy atom. The summed E-state index contributed by atoms with van der Waals surface area (Å²) < 4.78 is 10.9. The molecule has 0 spiro atoms. The second-order valence-corrected chi connectivity index (χ2v) is 4.79. The van der Waals surface area contributed by atoms with Gasteiger partial charge in [-0.15, -0.1) is 0 Å². The number of carboxylic acids is 1. The zero-order valence-electron chi connectivity index (χ0n) is 11.7. The molecule has 20 heavy (non-hydrogen) atoms. The first-order valence-electron chi connectivity index (χ1n) is 6.00. The van der Waals surface area contributed by atoms with Crippen LogP contribution < -0.4 is 9.47 Å². The minimum atomic E-state index is -1.04. The van der Waals surface area contributed by atoms with Gasteiger partial charge < -0.3 is 19.5 Å². The Morgan fingerprint density at radius 3 is 2.70 bits per heavy atom. The van der Waals surface area contributed by atoms with Crippen LogP contribution in [-0.4, -0.2) is 50.3 Å². The molecule has 1 aromatic rings. The molecule has 0 unspecified atom stereocenters. The van der Waals surface area contributed by atoms with Gasteiger partial charge >= 0.3 is 5.97 Å². The van der Waals surface area contributed by atoms with Crippen molar-refractivity contribution >= 4 is 23.6 Å². The summed E-state index contributed by atoms with van der Waals surface area (Å²) in [5, 5.41) is 9.16. The molecule has 0 aromatic heterocycles. The van der Waals surface area contributed by atoms with Crippen LogP contribution in [0.5, 0.6) is 11.5 Å². The Morgan fingerprint density at radius 2 is 2.15 bits per heavy atom. The maximum absolute atomic E-state index is 10.6. The number of aliphatic carboxylic acids is 1. The number of benzene rings is 1. The van der Waals surface area contributed by atoms with Crippen LogP contribution in [-0.2, 0) is 4.79 Å². The van der Waals surface area contributed by atoms with Gasteiger partial charge in [0.25, 0.3) is 0 Å². The molecule has 5 nitrogen and oxygen atoms in total. The Kier molecular flexibility index (Phi) is 6.35. The van der Waals surface area contributed by atoms with Gasteiger partial charge in [-0.3, -0.25) is 0 Å². The van der Waals surface area contributed by atoms with E-state index in [0.717, 1.165) is 12.6 Å². The van der Waals surface area contributed by atoms with Gasteiger partial charge in [0.1, 0.15) is 6.61 Å². The number of hydrogen-bond donors (Lipinski definition) is 1. The van der Waals surface area contributed by atoms with Gasteiger partial charge in [0.15, 0.2) is 11.5 Å². The molecule has 0 radical (unpaired) electrons. The van der Waals surface area contributed by atoms with E-state index in [2.05, 4.69) is 0 Å². The Balaban J connectivity index is 3.05. The second kappa shape index (κ2) is 7.77. The molecule has 0 fully saturated rings. The first-order chi connectivity index (χ1) is 9.43. The first-order valence-corrected chi connectivity index (χ1v) is 6.38. The van der Waals surface area contributed by atoms with E-state index in [4.69, 9.17) is 26.2 Å². The number of halogens is 1. The summed E-state index contributed by atoms with van der Waals surface area (Å²) in [5.41, 5.74) is 0.565. The third kappa shape index (κ3) is 5.11. The lowest BCUT2D eigenvalue weighted by Crippen LogP contribution is -2.19. The van der Waals surface area contributed by atoms with E-state index in [9.17, 15) is 4.79 Å². The molecule has 0 heterocycles. The molecular weight excluding hydrogens is 282 g/mol. The number of rotatable bonds is 7. The molecule has 1 N–H and O–H groups in total. The molecular formula is C14H18ClNO4. The maximum Gasteiger partial charge on any atom is 0.328 e. The predicted octanol–water partition coefficient (Wildman–Crippen LogP) is 2.39. The zero-order chi connectivity index (χ0) is 15.1. The van der Waals surface area contributed by atoms with Crippen LogP contribution in [0.4, 0.5) is 0 Å². The third-order valence-corrected chi connectivity index (χ3v) is 2.68. The topological polar surface area (TPSA) is 59.0 Å². The van der Waals surface area contributed by atoms with Crippen molar-refractivity contribution in [2.45, 2.75) is 0 Å². The van der Waals surface area contributed by atoms with Crippen LogP contribution in [0.3, 0.4) is 0 Å². The van der Waals surface area contributed by atoms with Crippen LogP contribution in [0.2, 0.25) is 5.02 Å². The summed E-state index contributed by atoms with van der Waals surface area (Å²) >= 11 is 5.98. The zero-order valence-corrected chi connectivity index (χ0v) is 12.5. The summed E-state index contributed by atoms with van der Waals surface area (Å²) in [5.74, 6) is -0.0827. The van der Waals surface area contributed by atoms with Crippen molar-refractivity contribution in [1.29, 1.82) is 0 Å². The number of carboxylic acid groups (broad SMARTS) is 1. The van der Waals surface area contributed by atoms with Crippen LogP contribution in [0.15, 0.2) is 18.2 Å². The van der Waals surface area contributed by atoms with Crippen LogP contribution in [0.25, 0.3) is 6.08 Å². The highest BCUT2D eigenvalue weighted by atomic mass is 35.5. The minimum absolute atomic E-state index is 0.451. The molecule has 0 amide bonds. The summed E-state index contributed by atoms with van der Waals surface area (Å²) in [6.07, 6.45) is 2.46. The van der Waals surface area contributed by atoms with Crippen LogP contribution in [0.1, 0.15) is 5.56 Å². The molecule has 0 saturated heterocycles. The highest BCUT2D eigenvalue weighted by Gasteiger charge is 2.11. The molecule has 0 bridgehead atoms. The SMILES string of the molecule is COc1cc(Cl)cc(/C=C/C(=O)O)c1OCCN(C)C. The molecule has 0 aliphatic carbocycles. The monoisotopic (exact) mass is 299 g/mol. The van der Waals surface area contributed by atoms with Gasteiger partial charge in [-0.25, -0.2) is 4.79 Å². The van der Waals surface area contributed by atoms with E-state index < -0.39 is 5.97 Å². The summed E-state index contributed by atoms with van der Waals surface area (Å²) in [7, 11) is 5.39. The molecule has 1 rings (SSSR count).